The molecule has 0 aliphatic carbocycles. The number of benzene rings is 1. The minimum atomic E-state index is -0.930. The molecule has 0 bridgehead atoms. The van der Waals surface area contributed by atoms with E-state index in [0.717, 1.165) is 0 Å². The maximum Gasteiger partial charge on any atom is 0.508 e. The Morgan fingerprint density at radius 2 is 2.00 bits per heavy atom. The van der Waals surface area contributed by atoms with Crippen molar-refractivity contribution < 1.29 is 29.1 Å². The molecule has 0 aromatic heterocycles. The van der Waals surface area contributed by atoms with Crippen LogP contribution >= 0.6 is 0 Å². The zero-order valence-electron chi connectivity index (χ0n) is 13.9. The van der Waals surface area contributed by atoms with Crippen LogP contribution in [-0.4, -0.2) is 40.8 Å². The summed E-state index contributed by atoms with van der Waals surface area (Å²) in [7, 11) is 0. The van der Waals surface area contributed by atoms with E-state index in [-0.39, 0.29) is 36.8 Å². The van der Waals surface area contributed by atoms with E-state index in [2.05, 4.69) is 5.32 Å². The molecular weight excluding hydrogens is 332 g/mol. The van der Waals surface area contributed by atoms with Gasteiger partial charge in [-0.25, -0.2) is 4.79 Å². The van der Waals surface area contributed by atoms with Gasteiger partial charge in [0.1, 0.15) is 12.7 Å². The molecular formula is C16H20N2O7. The van der Waals surface area contributed by atoms with Crippen LogP contribution in [0.25, 0.3) is 0 Å². The molecule has 2 rings (SSSR count). The number of nitrogens with zero attached hydrogens (tertiary/aromatic N) is 1. The molecule has 0 saturated carbocycles. The second-order valence-electron chi connectivity index (χ2n) is 6.01. The highest BCUT2D eigenvalue weighted by atomic mass is 16.7. The average Bonchev–Trinajstić information content (AvgIpc) is 2.57. The van der Waals surface area contributed by atoms with Gasteiger partial charge >= 0.3 is 6.16 Å². The zero-order valence-corrected chi connectivity index (χ0v) is 13.9. The van der Waals surface area contributed by atoms with Gasteiger partial charge in [0.25, 0.3) is 5.69 Å². The standard InChI is InChI=1S/C16H20N2O7/c1-9(7-19)14-13(15(20)17-14)10(2)25-16(21)24-8-11-3-5-12(6-4-11)18(22)23/h3-6,9-10,13-14,19H,7-8H2,1-2H3,(H,17,20)/t9?,10?,13-,14-/m1/s1. The number of non-ortho nitro benzene ring substituents is 1. The number of hydrogen-bond donors (Lipinski definition) is 2. The largest absolute Gasteiger partial charge is 0.508 e. The minimum Gasteiger partial charge on any atom is -0.430 e. The normalized spacial score (nSPS) is 21.5. The summed E-state index contributed by atoms with van der Waals surface area (Å²) < 4.78 is 10.1. The Morgan fingerprint density at radius 3 is 2.52 bits per heavy atom. The summed E-state index contributed by atoms with van der Waals surface area (Å²) in [5, 5.41) is 22.4. The summed E-state index contributed by atoms with van der Waals surface area (Å²) >= 11 is 0. The van der Waals surface area contributed by atoms with Crippen molar-refractivity contribution in [2.75, 3.05) is 6.61 Å². The number of rotatable bonds is 7. The number of ether oxygens (including phenoxy) is 2. The number of hydrogen-bond acceptors (Lipinski definition) is 7. The topological polar surface area (TPSA) is 128 Å². The Morgan fingerprint density at radius 1 is 1.36 bits per heavy atom. The van der Waals surface area contributed by atoms with Crippen molar-refractivity contribution >= 4 is 17.7 Å². The Balaban J connectivity index is 1.83. The smallest absolute Gasteiger partial charge is 0.430 e. The maximum atomic E-state index is 11.8. The van der Waals surface area contributed by atoms with Crippen LogP contribution in [0.5, 0.6) is 0 Å². The molecule has 1 amide bonds. The van der Waals surface area contributed by atoms with Crippen LogP contribution in [0.1, 0.15) is 19.4 Å². The van der Waals surface area contributed by atoms with E-state index in [0.29, 0.717) is 5.56 Å². The zero-order chi connectivity index (χ0) is 18.6. The second kappa shape index (κ2) is 7.93. The number of nitro benzene ring substituents is 1. The summed E-state index contributed by atoms with van der Waals surface area (Å²) in [5.41, 5.74) is 0.517. The minimum absolute atomic E-state index is 0.0556. The lowest BCUT2D eigenvalue weighted by Gasteiger charge is -2.42. The van der Waals surface area contributed by atoms with Crippen molar-refractivity contribution in [2.45, 2.75) is 32.6 Å². The van der Waals surface area contributed by atoms with E-state index in [4.69, 9.17) is 9.47 Å². The molecule has 25 heavy (non-hydrogen) atoms. The lowest BCUT2D eigenvalue weighted by molar-refractivity contribution is -0.384. The number of carbonyl (C=O) groups is 2. The Kier molecular flexibility index (Phi) is 5.92. The molecule has 9 nitrogen and oxygen atoms in total. The third-order valence-corrected chi connectivity index (χ3v) is 4.19. The second-order valence-corrected chi connectivity index (χ2v) is 6.01. The van der Waals surface area contributed by atoms with E-state index in [1.165, 1.54) is 24.3 Å². The Bertz CT molecular complexity index is 646. The third kappa shape index (κ3) is 4.44. The van der Waals surface area contributed by atoms with Crippen LogP contribution in [0.2, 0.25) is 0 Å². The van der Waals surface area contributed by atoms with Crippen molar-refractivity contribution in [1.29, 1.82) is 0 Å². The first kappa shape index (κ1) is 18.7. The summed E-state index contributed by atoms with van der Waals surface area (Å²) in [6.07, 6.45) is -1.63. The van der Waals surface area contributed by atoms with Gasteiger partial charge in [0.2, 0.25) is 5.91 Å². The first-order valence-corrected chi connectivity index (χ1v) is 7.81. The van der Waals surface area contributed by atoms with E-state index < -0.39 is 23.1 Å². The number of carbonyl (C=O) groups excluding carboxylic acids is 2. The molecule has 2 N–H and O–H groups in total. The highest BCUT2D eigenvalue weighted by Gasteiger charge is 2.47. The van der Waals surface area contributed by atoms with Gasteiger partial charge in [0.05, 0.1) is 10.8 Å². The molecule has 0 spiro atoms. The fourth-order valence-corrected chi connectivity index (χ4v) is 2.65. The quantitative estimate of drug-likeness (QED) is 0.328. The van der Waals surface area contributed by atoms with Crippen molar-refractivity contribution in [3.8, 4) is 0 Å². The van der Waals surface area contributed by atoms with Gasteiger partial charge in [-0.2, -0.15) is 0 Å². The first-order valence-electron chi connectivity index (χ1n) is 7.81. The van der Waals surface area contributed by atoms with Crippen molar-refractivity contribution in [1.82, 2.24) is 5.32 Å². The van der Waals surface area contributed by atoms with Crippen LogP contribution in [0.4, 0.5) is 10.5 Å². The van der Waals surface area contributed by atoms with Crippen LogP contribution in [-0.2, 0) is 20.9 Å². The van der Waals surface area contributed by atoms with Gasteiger partial charge in [-0.05, 0) is 24.6 Å². The molecule has 0 radical (unpaired) electrons. The fraction of sp³-hybridized carbons (Fsp3) is 0.500. The van der Waals surface area contributed by atoms with Gasteiger partial charge in [-0.1, -0.05) is 6.92 Å². The molecule has 2 unspecified atom stereocenters. The van der Waals surface area contributed by atoms with E-state index in [1.807, 2.05) is 0 Å². The lowest BCUT2D eigenvalue weighted by atomic mass is 9.79. The van der Waals surface area contributed by atoms with E-state index >= 15 is 0 Å². The number of aliphatic hydroxyl groups is 1. The van der Waals surface area contributed by atoms with Crippen molar-refractivity contribution in [2.24, 2.45) is 11.8 Å². The number of aliphatic hydroxyl groups excluding tert-OH is 1. The van der Waals surface area contributed by atoms with Gasteiger partial charge in [-0.15, -0.1) is 0 Å². The van der Waals surface area contributed by atoms with Crippen LogP contribution < -0.4 is 5.32 Å². The fourth-order valence-electron chi connectivity index (χ4n) is 2.65. The van der Waals surface area contributed by atoms with Gasteiger partial charge in [-0.3, -0.25) is 14.9 Å². The highest BCUT2D eigenvalue weighted by molar-refractivity contribution is 5.86. The lowest BCUT2D eigenvalue weighted by Crippen LogP contribution is -2.65. The average molecular weight is 352 g/mol. The monoisotopic (exact) mass is 352 g/mol. The molecule has 9 heteroatoms. The Labute approximate surface area is 144 Å². The number of nitrogens with one attached hydrogen (secondary N) is 1. The van der Waals surface area contributed by atoms with Gasteiger partial charge in [0, 0.05) is 30.7 Å². The molecule has 1 saturated heterocycles. The van der Waals surface area contributed by atoms with Crippen LogP contribution in [0.3, 0.4) is 0 Å². The van der Waals surface area contributed by atoms with Crippen molar-refractivity contribution in [3.63, 3.8) is 0 Å². The summed E-state index contributed by atoms with van der Waals surface area (Å²) in [4.78, 5) is 33.5. The molecule has 136 valence electrons. The maximum absolute atomic E-state index is 11.8. The summed E-state index contributed by atoms with van der Waals surface area (Å²) in [5.74, 6) is -0.917. The number of β-lactam (4-membered cyclic amide) rings is 1. The molecule has 1 fully saturated rings. The van der Waals surface area contributed by atoms with Gasteiger partial charge in [0.15, 0.2) is 0 Å². The van der Waals surface area contributed by atoms with Crippen LogP contribution in [0, 0.1) is 22.0 Å². The van der Waals surface area contributed by atoms with E-state index in [9.17, 15) is 24.8 Å². The van der Waals surface area contributed by atoms with Crippen molar-refractivity contribution in [3.05, 3.63) is 39.9 Å². The first-order chi connectivity index (χ1) is 11.8. The molecule has 1 aliphatic heterocycles. The predicted molar refractivity (Wildman–Crippen MR) is 85.5 cm³/mol. The predicted octanol–water partition coefficient (Wildman–Crippen LogP) is 1.38. The highest BCUT2D eigenvalue weighted by Crippen LogP contribution is 2.27. The van der Waals surface area contributed by atoms with E-state index in [1.54, 1.807) is 13.8 Å². The summed E-state index contributed by atoms with van der Waals surface area (Å²) in [6.45, 7) is 3.19. The van der Waals surface area contributed by atoms with Crippen LogP contribution in [0.15, 0.2) is 24.3 Å². The summed E-state index contributed by atoms with van der Waals surface area (Å²) in [6, 6.07) is 5.33. The Hall–Kier alpha value is -2.68. The molecule has 1 aromatic carbocycles. The van der Waals surface area contributed by atoms with Gasteiger partial charge < -0.3 is 19.9 Å². The molecule has 4 atom stereocenters. The molecule has 1 heterocycles. The number of amides is 1. The molecule has 1 aliphatic rings. The third-order valence-electron chi connectivity index (χ3n) is 4.19. The number of nitro groups is 1. The SMILES string of the molecule is CC(CO)[C@H]1NC(=O)[C@@H]1C(C)OC(=O)OCc1ccc([N+](=O)[O-])cc1. The molecule has 1 aromatic rings.